The molecular weight excluding hydrogens is 254 g/mol. The second-order valence-electron chi connectivity index (χ2n) is 4.77. The summed E-state index contributed by atoms with van der Waals surface area (Å²) in [5, 5.41) is 37.8. The minimum Gasteiger partial charge on any atom is -0.394 e. The number of unbranched alkanes of at least 4 members (excludes halogenated alkanes) is 3. The zero-order chi connectivity index (χ0) is 14.3. The Morgan fingerprint density at radius 3 is 2.26 bits per heavy atom. The monoisotopic (exact) mass is 279 g/mol. The molecule has 7 heteroatoms. The molecular formula is C12H25NO6. The zero-order valence-corrected chi connectivity index (χ0v) is 11.0. The van der Waals surface area contributed by atoms with Gasteiger partial charge >= 0.3 is 0 Å². The molecule has 19 heavy (non-hydrogen) atoms. The van der Waals surface area contributed by atoms with Crippen molar-refractivity contribution < 1.29 is 29.9 Å². The van der Waals surface area contributed by atoms with E-state index < -0.39 is 37.3 Å². The molecule has 0 spiro atoms. The lowest BCUT2D eigenvalue weighted by Gasteiger charge is -2.39. The first-order valence-electron chi connectivity index (χ1n) is 6.74. The Morgan fingerprint density at radius 1 is 0.947 bits per heavy atom. The molecule has 1 saturated heterocycles. The van der Waals surface area contributed by atoms with Gasteiger partial charge in [-0.05, 0) is 19.4 Å². The summed E-state index contributed by atoms with van der Waals surface area (Å²) in [7, 11) is 0. The van der Waals surface area contributed by atoms with Gasteiger partial charge in [0.15, 0.2) is 6.29 Å². The topological polar surface area (TPSA) is 125 Å². The second-order valence-corrected chi connectivity index (χ2v) is 4.77. The lowest BCUT2D eigenvalue weighted by atomic mass is 9.99. The lowest BCUT2D eigenvalue weighted by Crippen LogP contribution is -2.59. The fraction of sp³-hybridized carbons (Fsp3) is 1.00. The van der Waals surface area contributed by atoms with Gasteiger partial charge in [0, 0.05) is 6.61 Å². The van der Waals surface area contributed by atoms with Crippen LogP contribution >= 0.6 is 0 Å². The molecule has 114 valence electrons. The van der Waals surface area contributed by atoms with Crippen LogP contribution in [0.3, 0.4) is 0 Å². The number of hydrogen-bond acceptors (Lipinski definition) is 7. The number of ether oxygens (including phenoxy) is 2. The highest BCUT2D eigenvalue weighted by atomic mass is 16.7. The largest absolute Gasteiger partial charge is 0.394 e. The summed E-state index contributed by atoms with van der Waals surface area (Å²) in [6.45, 7) is 0.613. The normalized spacial score (nSPS) is 35.5. The summed E-state index contributed by atoms with van der Waals surface area (Å²) in [6, 6.07) is 0. The Balaban J connectivity index is 2.28. The van der Waals surface area contributed by atoms with Gasteiger partial charge in [-0.3, -0.25) is 0 Å². The molecule has 0 saturated carbocycles. The van der Waals surface area contributed by atoms with Crippen LogP contribution in [-0.4, -0.2) is 70.9 Å². The number of hydrogen-bond donors (Lipinski definition) is 5. The smallest absolute Gasteiger partial charge is 0.186 e. The van der Waals surface area contributed by atoms with Crippen LogP contribution in [0.5, 0.6) is 0 Å². The third-order valence-corrected chi connectivity index (χ3v) is 3.23. The summed E-state index contributed by atoms with van der Waals surface area (Å²) in [6.07, 6.45) is -2.22. The van der Waals surface area contributed by atoms with E-state index >= 15 is 0 Å². The predicted octanol–water partition coefficient (Wildman–Crippen LogP) is -1.68. The molecule has 0 amide bonds. The van der Waals surface area contributed by atoms with Crippen LogP contribution in [0, 0.1) is 0 Å². The molecule has 0 radical (unpaired) electrons. The van der Waals surface area contributed by atoms with Gasteiger partial charge in [0.1, 0.15) is 24.4 Å². The highest BCUT2D eigenvalue weighted by Gasteiger charge is 2.43. The fourth-order valence-electron chi connectivity index (χ4n) is 2.00. The van der Waals surface area contributed by atoms with Crippen molar-refractivity contribution in [2.24, 2.45) is 5.73 Å². The molecule has 7 nitrogen and oxygen atoms in total. The van der Waals surface area contributed by atoms with Crippen LogP contribution < -0.4 is 5.73 Å². The van der Waals surface area contributed by atoms with E-state index in [0.717, 1.165) is 25.7 Å². The lowest BCUT2D eigenvalue weighted by molar-refractivity contribution is -0.301. The average Bonchev–Trinajstić information content (AvgIpc) is 2.42. The standard InChI is InChI=1S/C12H25NO6/c13-5-3-1-2-4-6-18-12-11(17)10(16)9(15)8(7-14)19-12/h8-12,14-17H,1-7,13H2/t8?,9-,10+,11?,12-/m1/s1. The van der Waals surface area contributed by atoms with Crippen LogP contribution in [0.2, 0.25) is 0 Å². The van der Waals surface area contributed by atoms with E-state index in [9.17, 15) is 15.3 Å². The van der Waals surface area contributed by atoms with Gasteiger partial charge in [-0.1, -0.05) is 12.8 Å². The van der Waals surface area contributed by atoms with E-state index in [1.54, 1.807) is 0 Å². The number of nitrogens with two attached hydrogens (primary N) is 1. The fourth-order valence-corrected chi connectivity index (χ4v) is 2.00. The number of aliphatic hydroxyl groups is 4. The molecule has 1 aliphatic rings. The highest BCUT2D eigenvalue weighted by molar-refractivity contribution is 4.88. The highest BCUT2D eigenvalue weighted by Crippen LogP contribution is 2.22. The van der Waals surface area contributed by atoms with Gasteiger partial charge < -0.3 is 35.6 Å². The van der Waals surface area contributed by atoms with Gasteiger partial charge in [0.25, 0.3) is 0 Å². The van der Waals surface area contributed by atoms with E-state index in [-0.39, 0.29) is 0 Å². The minimum atomic E-state index is -1.38. The Bertz CT molecular complexity index is 240. The molecule has 1 heterocycles. The Morgan fingerprint density at radius 2 is 1.63 bits per heavy atom. The van der Waals surface area contributed by atoms with Crippen molar-refractivity contribution >= 4 is 0 Å². The van der Waals surface area contributed by atoms with Crippen molar-refractivity contribution in [1.82, 2.24) is 0 Å². The van der Waals surface area contributed by atoms with Crippen molar-refractivity contribution in [3.63, 3.8) is 0 Å². The van der Waals surface area contributed by atoms with Gasteiger partial charge in [0.05, 0.1) is 6.61 Å². The molecule has 0 aromatic heterocycles. The van der Waals surface area contributed by atoms with E-state index in [2.05, 4.69) is 0 Å². The van der Waals surface area contributed by atoms with Gasteiger partial charge in [-0.2, -0.15) is 0 Å². The van der Waals surface area contributed by atoms with E-state index in [0.29, 0.717) is 13.2 Å². The Hall–Kier alpha value is -0.280. The van der Waals surface area contributed by atoms with Crippen molar-refractivity contribution in [2.75, 3.05) is 19.8 Å². The molecule has 6 N–H and O–H groups in total. The minimum absolute atomic E-state index is 0.382. The maximum Gasteiger partial charge on any atom is 0.186 e. The van der Waals surface area contributed by atoms with E-state index in [4.69, 9.17) is 20.3 Å². The summed E-state index contributed by atoms with van der Waals surface area (Å²) in [5.41, 5.74) is 5.38. The van der Waals surface area contributed by atoms with Gasteiger partial charge in [0.2, 0.25) is 0 Å². The van der Waals surface area contributed by atoms with Crippen molar-refractivity contribution in [3.05, 3.63) is 0 Å². The first-order valence-corrected chi connectivity index (χ1v) is 6.74. The van der Waals surface area contributed by atoms with Gasteiger partial charge in [-0.25, -0.2) is 0 Å². The maximum absolute atomic E-state index is 9.70. The molecule has 2 unspecified atom stereocenters. The molecule has 1 fully saturated rings. The molecule has 5 atom stereocenters. The molecule has 1 aliphatic heterocycles. The first kappa shape index (κ1) is 16.8. The summed E-state index contributed by atoms with van der Waals surface area (Å²) >= 11 is 0. The van der Waals surface area contributed by atoms with Crippen LogP contribution in [0.15, 0.2) is 0 Å². The second kappa shape index (κ2) is 8.80. The molecule has 0 bridgehead atoms. The third kappa shape index (κ3) is 4.96. The summed E-state index contributed by atoms with van der Waals surface area (Å²) < 4.78 is 10.5. The molecule has 0 aromatic rings. The van der Waals surface area contributed by atoms with Gasteiger partial charge in [-0.15, -0.1) is 0 Å². The molecule has 0 aromatic carbocycles. The van der Waals surface area contributed by atoms with Crippen LogP contribution in [-0.2, 0) is 9.47 Å². The van der Waals surface area contributed by atoms with Crippen molar-refractivity contribution in [2.45, 2.75) is 56.4 Å². The molecule has 0 aliphatic carbocycles. The van der Waals surface area contributed by atoms with E-state index in [1.165, 1.54) is 0 Å². The first-order chi connectivity index (χ1) is 9.11. The van der Waals surface area contributed by atoms with Crippen LogP contribution in [0.4, 0.5) is 0 Å². The third-order valence-electron chi connectivity index (χ3n) is 3.23. The van der Waals surface area contributed by atoms with Crippen molar-refractivity contribution in [3.8, 4) is 0 Å². The predicted molar refractivity (Wildman–Crippen MR) is 67.2 cm³/mol. The quantitative estimate of drug-likeness (QED) is 0.336. The van der Waals surface area contributed by atoms with E-state index in [1.807, 2.05) is 0 Å². The summed E-state index contributed by atoms with van der Waals surface area (Å²) in [5.74, 6) is 0. The average molecular weight is 279 g/mol. The molecule has 1 rings (SSSR count). The Labute approximate surface area is 112 Å². The number of aliphatic hydroxyl groups excluding tert-OH is 4. The van der Waals surface area contributed by atoms with Crippen LogP contribution in [0.1, 0.15) is 25.7 Å². The van der Waals surface area contributed by atoms with Crippen LogP contribution in [0.25, 0.3) is 0 Å². The number of rotatable bonds is 8. The summed E-state index contributed by atoms with van der Waals surface area (Å²) in [4.78, 5) is 0. The van der Waals surface area contributed by atoms with Crippen molar-refractivity contribution in [1.29, 1.82) is 0 Å². The SMILES string of the molecule is NCCCCCCO[C@@H]1OC(CO)[C@@H](O)[C@H](O)C1O. The zero-order valence-electron chi connectivity index (χ0n) is 11.0. The maximum atomic E-state index is 9.70. The Kier molecular flexibility index (Phi) is 7.77.